The van der Waals surface area contributed by atoms with E-state index in [1.165, 1.54) is 23.6 Å². The van der Waals surface area contributed by atoms with E-state index in [-0.39, 0.29) is 11.5 Å². The molecule has 0 aromatic heterocycles. The minimum Gasteiger partial charge on any atom is -0.478 e. The molecule has 4 heteroatoms. The summed E-state index contributed by atoms with van der Waals surface area (Å²) in [5, 5.41) is 11.8. The molecule has 0 saturated heterocycles. The Morgan fingerprint density at radius 2 is 1.83 bits per heavy atom. The third-order valence-corrected chi connectivity index (χ3v) is 4.24. The van der Waals surface area contributed by atoms with Gasteiger partial charge in [0.15, 0.2) is 0 Å². The summed E-state index contributed by atoms with van der Waals surface area (Å²) < 4.78 is 0. The first kappa shape index (κ1) is 15.3. The number of nitrogens with one attached hydrogen (secondary N) is 1. The third-order valence-electron chi connectivity index (χ3n) is 4.24. The van der Waals surface area contributed by atoms with Crippen LogP contribution < -0.4 is 5.32 Å². The lowest BCUT2D eigenvalue weighted by Gasteiger charge is -2.09. The lowest BCUT2D eigenvalue weighted by Crippen LogP contribution is -2.15. The molecule has 0 unspecified atom stereocenters. The van der Waals surface area contributed by atoms with Gasteiger partial charge in [-0.15, -0.1) is 0 Å². The molecule has 0 aliphatic heterocycles. The van der Waals surface area contributed by atoms with Crippen molar-refractivity contribution in [2.45, 2.75) is 32.1 Å². The molecule has 0 spiro atoms. The summed E-state index contributed by atoms with van der Waals surface area (Å²) in [6.45, 7) is 0. The number of amides is 1. The third kappa shape index (κ3) is 3.59. The van der Waals surface area contributed by atoms with Gasteiger partial charge >= 0.3 is 5.97 Å². The summed E-state index contributed by atoms with van der Waals surface area (Å²) in [6, 6.07) is 12.9. The van der Waals surface area contributed by atoms with Gasteiger partial charge in [0.2, 0.25) is 5.91 Å². The molecule has 3 rings (SSSR count). The van der Waals surface area contributed by atoms with E-state index in [4.69, 9.17) is 5.11 Å². The quantitative estimate of drug-likeness (QED) is 0.889. The molecule has 4 nitrogen and oxygen atoms in total. The topological polar surface area (TPSA) is 66.4 Å². The minimum atomic E-state index is -1.04. The van der Waals surface area contributed by atoms with Gasteiger partial charge in [0, 0.05) is 6.42 Å². The second-order valence-corrected chi connectivity index (χ2v) is 5.86. The molecule has 0 fully saturated rings. The van der Waals surface area contributed by atoms with Crippen LogP contribution in [0.2, 0.25) is 0 Å². The van der Waals surface area contributed by atoms with Crippen LogP contribution in [0, 0.1) is 0 Å². The maximum atomic E-state index is 12.1. The van der Waals surface area contributed by atoms with Crippen molar-refractivity contribution in [2.75, 3.05) is 5.32 Å². The van der Waals surface area contributed by atoms with Crippen LogP contribution in [0.5, 0.6) is 0 Å². The van der Waals surface area contributed by atoms with Crippen molar-refractivity contribution >= 4 is 17.6 Å². The van der Waals surface area contributed by atoms with Crippen molar-refractivity contribution in [1.29, 1.82) is 0 Å². The van der Waals surface area contributed by atoms with Crippen molar-refractivity contribution in [3.05, 3.63) is 64.7 Å². The van der Waals surface area contributed by atoms with E-state index < -0.39 is 5.97 Å². The number of carbonyl (C=O) groups excluding carboxylic acids is 1. The lowest BCUT2D eigenvalue weighted by atomic mass is 10.0. The average molecular weight is 309 g/mol. The van der Waals surface area contributed by atoms with Crippen molar-refractivity contribution in [3.63, 3.8) is 0 Å². The largest absolute Gasteiger partial charge is 0.478 e. The van der Waals surface area contributed by atoms with Gasteiger partial charge in [0.1, 0.15) is 0 Å². The molecule has 0 bridgehead atoms. The maximum Gasteiger partial charge on any atom is 0.337 e. The minimum absolute atomic E-state index is 0.110. The van der Waals surface area contributed by atoms with Crippen LogP contribution >= 0.6 is 0 Å². The van der Waals surface area contributed by atoms with E-state index in [0.717, 1.165) is 18.4 Å². The fraction of sp³-hybridized carbons (Fsp3) is 0.263. The number of anilines is 1. The molecule has 0 heterocycles. The van der Waals surface area contributed by atoms with E-state index in [1.807, 2.05) is 0 Å². The highest BCUT2D eigenvalue weighted by molar-refractivity contribution is 6.00. The normalized spacial score (nSPS) is 12.7. The fourth-order valence-electron chi connectivity index (χ4n) is 3.03. The second-order valence-electron chi connectivity index (χ2n) is 5.86. The molecule has 1 aliphatic rings. The monoisotopic (exact) mass is 309 g/mol. The summed E-state index contributed by atoms with van der Waals surface area (Å²) in [7, 11) is 0. The van der Waals surface area contributed by atoms with Crippen molar-refractivity contribution < 1.29 is 14.7 Å². The molecule has 0 radical (unpaired) electrons. The molecule has 0 atom stereocenters. The molecule has 23 heavy (non-hydrogen) atoms. The Kier molecular flexibility index (Phi) is 4.42. The maximum absolute atomic E-state index is 12.1. The molecule has 1 aliphatic carbocycles. The number of fused-ring (bicyclic) bond motifs is 1. The van der Waals surface area contributed by atoms with E-state index in [9.17, 15) is 9.59 Å². The van der Waals surface area contributed by atoms with E-state index in [1.54, 1.807) is 18.2 Å². The van der Waals surface area contributed by atoms with Crippen LogP contribution in [0.15, 0.2) is 42.5 Å². The number of hydrogen-bond acceptors (Lipinski definition) is 2. The lowest BCUT2D eigenvalue weighted by molar-refractivity contribution is -0.116. The van der Waals surface area contributed by atoms with Crippen LogP contribution in [0.25, 0.3) is 0 Å². The average Bonchev–Trinajstić information content (AvgIpc) is 3.01. The smallest absolute Gasteiger partial charge is 0.337 e. The number of benzene rings is 2. The molecule has 0 saturated carbocycles. The number of aryl methyl sites for hydroxylation is 3. The van der Waals surface area contributed by atoms with Gasteiger partial charge in [0.25, 0.3) is 0 Å². The van der Waals surface area contributed by atoms with Gasteiger partial charge in [-0.1, -0.05) is 30.3 Å². The zero-order valence-electron chi connectivity index (χ0n) is 12.8. The number of para-hydroxylation sites is 1. The molecule has 118 valence electrons. The molecule has 1 amide bonds. The molecular weight excluding hydrogens is 290 g/mol. The number of carbonyl (C=O) groups is 2. The first-order valence-corrected chi connectivity index (χ1v) is 7.86. The molecule has 2 N–H and O–H groups in total. The summed E-state index contributed by atoms with van der Waals surface area (Å²) in [5.74, 6) is -1.21. The summed E-state index contributed by atoms with van der Waals surface area (Å²) in [4.78, 5) is 23.2. The van der Waals surface area contributed by atoms with Gasteiger partial charge < -0.3 is 10.4 Å². The Balaban J connectivity index is 1.61. The van der Waals surface area contributed by atoms with Gasteiger partial charge in [-0.25, -0.2) is 4.79 Å². The van der Waals surface area contributed by atoms with Gasteiger partial charge in [0.05, 0.1) is 11.3 Å². The Labute approximate surface area is 135 Å². The predicted molar refractivity (Wildman–Crippen MR) is 88.8 cm³/mol. The Morgan fingerprint density at radius 3 is 2.65 bits per heavy atom. The highest BCUT2D eigenvalue weighted by Crippen LogP contribution is 2.23. The van der Waals surface area contributed by atoms with Gasteiger partial charge in [-0.05, 0) is 54.5 Å². The van der Waals surface area contributed by atoms with Crippen LogP contribution in [0.3, 0.4) is 0 Å². The molecule has 2 aromatic rings. The van der Waals surface area contributed by atoms with Gasteiger partial charge in [-0.2, -0.15) is 0 Å². The van der Waals surface area contributed by atoms with Crippen LogP contribution in [0.4, 0.5) is 5.69 Å². The summed E-state index contributed by atoms with van der Waals surface area (Å²) >= 11 is 0. The highest BCUT2D eigenvalue weighted by atomic mass is 16.4. The molecular formula is C19H19NO3. The number of aromatic carboxylic acids is 1. The van der Waals surface area contributed by atoms with Crippen LogP contribution in [0.1, 0.15) is 39.9 Å². The van der Waals surface area contributed by atoms with Crippen LogP contribution in [-0.2, 0) is 24.1 Å². The number of carboxylic acid groups (broad SMARTS) is 1. The Bertz CT molecular complexity index is 752. The predicted octanol–water partition coefficient (Wildman–Crippen LogP) is 3.44. The number of hydrogen-bond donors (Lipinski definition) is 2. The first-order chi connectivity index (χ1) is 11.1. The second kappa shape index (κ2) is 6.65. The number of rotatable bonds is 5. The standard InChI is InChI=1S/C19H19NO3/c21-18(20-17-7-2-1-6-16(17)19(22)23)11-9-13-8-10-14-4-3-5-15(14)12-13/h1-2,6-8,10,12H,3-5,9,11H2,(H,20,21)(H,22,23). The van der Waals surface area contributed by atoms with Crippen molar-refractivity contribution in [3.8, 4) is 0 Å². The van der Waals surface area contributed by atoms with Crippen LogP contribution in [-0.4, -0.2) is 17.0 Å². The first-order valence-electron chi connectivity index (χ1n) is 7.86. The zero-order chi connectivity index (χ0) is 16.2. The zero-order valence-corrected chi connectivity index (χ0v) is 12.8. The Hall–Kier alpha value is -2.62. The van der Waals surface area contributed by atoms with E-state index in [0.29, 0.717) is 18.5 Å². The highest BCUT2D eigenvalue weighted by Gasteiger charge is 2.13. The number of carboxylic acids is 1. The Morgan fingerprint density at radius 1 is 1.04 bits per heavy atom. The van der Waals surface area contributed by atoms with Crippen molar-refractivity contribution in [1.82, 2.24) is 0 Å². The van der Waals surface area contributed by atoms with Crippen molar-refractivity contribution in [2.24, 2.45) is 0 Å². The van der Waals surface area contributed by atoms with E-state index in [2.05, 4.69) is 23.5 Å². The fourth-order valence-corrected chi connectivity index (χ4v) is 3.03. The van der Waals surface area contributed by atoms with E-state index >= 15 is 0 Å². The SMILES string of the molecule is O=C(CCc1ccc2c(c1)CCC2)Nc1ccccc1C(=O)O. The molecule has 2 aromatic carbocycles. The van der Waals surface area contributed by atoms with Gasteiger partial charge in [-0.3, -0.25) is 4.79 Å². The summed E-state index contributed by atoms with van der Waals surface area (Å²) in [6.07, 6.45) is 4.50. The summed E-state index contributed by atoms with van der Waals surface area (Å²) in [5.41, 5.74) is 4.44.